The molecule has 0 aliphatic carbocycles. The van der Waals surface area contributed by atoms with Gasteiger partial charge < -0.3 is 15.2 Å². The number of aromatic nitrogens is 1. The van der Waals surface area contributed by atoms with Crippen LogP contribution in [-0.4, -0.2) is 23.1 Å². The summed E-state index contributed by atoms with van der Waals surface area (Å²) in [6.45, 7) is 1.42. The van der Waals surface area contributed by atoms with Gasteiger partial charge in [0.05, 0.1) is 18.2 Å². The highest BCUT2D eigenvalue weighted by atomic mass is 35.5. The number of hydrogen-bond acceptors (Lipinski definition) is 4. The third-order valence-electron chi connectivity index (χ3n) is 3.93. The molecular weight excluding hydrogens is 340 g/mol. The number of phenols is 1. The predicted octanol–water partition coefficient (Wildman–Crippen LogP) is 3.83. The Labute approximate surface area is 150 Å². The Morgan fingerprint density at radius 3 is 2.80 bits per heavy atom. The molecule has 128 valence electrons. The predicted molar refractivity (Wildman–Crippen MR) is 97.1 cm³/mol. The molecule has 0 spiro atoms. The molecule has 3 aromatic rings. The summed E-state index contributed by atoms with van der Waals surface area (Å²) in [5.41, 5.74) is 1.62. The number of carbonyl (C=O) groups excluding carboxylic acids is 1. The summed E-state index contributed by atoms with van der Waals surface area (Å²) >= 11 is 6.37. The molecular formula is C19H17ClN2O3. The van der Waals surface area contributed by atoms with Gasteiger partial charge in [0.25, 0.3) is 0 Å². The van der Waals surface area contributed by atoms with Crippen molar-refractivity contribution in [3.8, 4) is 11.5 Å². The highest BCUT2D eigenvalue weighted by molar-refractivity contribution is 6.35. The van der Waals surface area contributed by atoms with E-state index in [-0.39, 0.29) is 11.7 Å². The van der Waals surface area contributed by atoms with E-state index < -0.39 is 6.04 Å². The molecule has 5 nitrogen and oxygen atoms in total. The molecule has 0 saturated carbocycles. The van der Waals surface area contributed by atoms with Crippen LogP contribution in [0.4, 0.5) is 0 Å². The van der Waals surface area contributed by atoms with E-state index in [4.69, 9.17) is 16.3 Å². The van der Waals surface area contributed by atoms with Crippen LogP contribution in [-0.2, 0) is 4.79 Å². The lowest BCUT2D eigenvalue weighted by Gasteiger charge is -2.21. The number of halogens is 1. The van der Waals surface area contributed by atoms with Crippen LogP contribution in [0.1, 0.15) is 24.1 Å². The lowest BCUT2D eigenvalue weighted by Crippen LogP contribution is -2.27. The third kappa shape index (κ3) is 3.37. The first kappa shape index (κ1) is 17.0. The van der Waals surface area contributed by atoms with Crippen LogP contribution in [0, 0.1) is 0 Å². The highest BCUT2D eigenvalue weighted by Gasteiger charge is 2.22. The Morgan fingerprint density at radius 1 is 1.28 bits per heavy atom. The minimum absolute atomic E-state index is 0.0124. The summed E-state index contributed by atoms with van der Waals surface area (Å²) < 4.78 is 5.26. The van der Waals surface area contributed by atoms with Gasteiger partial charge in [0.15, 0.2) is 0 Å². The van der Waals surface area contributed by atoms with E-state index in [0.29, 0.717) is 27.2 Å². The molecule has 25 heavy (non-hydrogen) atoms. The smallest absolute Gasteiger partial charge is 0.217 e. The van der Waals surface area contributed by atoms with Crippen molar-refractivity contribution in [3.05, 3.63) is 64.8 Å². The number of nitrogens with one attached hydrogen (secondary N) is 1. The molecule has 1 heterocycles. The maximum atomic E-state index is 11.7. The van der Waals surface area contributed by atoms with Crippen LogP contribution in [0.15, 0.2) is 48.7 Å². The van der Waals surface area contributed by atoms with Crippen molar-refractivity contribution < 1.29 is 14.6 Å². The van der Waals surface area contributed by atoms with Gasteiger partial charge in [-0.2, -0.15) is 0 Å². The fourth-order valence-electron chi connectivity index (χ4n) is 2.79. The van der Waals surface area contributed by atoms with Gasteiger partial charge in [0.1, 0.15) is 17.0 Å². The Hall–Kier alpha value is -2.79. The van der Waals surface area contributed by atoms with Crippen LogP contribution >= 0.6 is 11.6 Å². The summed E-state index contributed by atoms with van der Waals surface area (Å²) in [6, 6.07) is 11.9. The van der Waals surface area contributed by atoms with Gasteiger partial charge in [0, 0.05) is 24.1 Å². The van der Waals surface area contributed by atoms with E-state index in [0.717, 1.165) is 5.56 Å². The maximum Gasteiger partial charge on any atom is 0.217 e. The maximum absolute atomic E-state index is 11.7. The fourth-order valence-corrected chi connectivity index (χ4v) is 3.06. The SMILES string of the molecule is COc1cccc(C(NC(C)=O)c2cc(Cl)c3cccnc3c2O)c1. The quantitative estimate of drug-likeness (QED) is 0.745. The molecule has 1 unspecified atom stereocenters. The van der Waals surface area contributed by atoms with E-state index in [1.54, 1.807) is 37.6 Å². The van der Waals surface area contributed by atoms with Crippen LogP contribution in [0.25, 0.3) is 10.9 Å². The molecule has 0 fully saturated rings. The van der Waals surface area contributed by atoms with Gasteiger partial charge in [-0.05, 0) is 35.9 Å². The number of ether oxygens (including phenoxy) is 1. The number of amides is 1. The number of phenolic OH excluding ortho intramolecular Hbond substituents is 1. The van der Waals surface area contributed by atoms with Gasteiger partial charge >= 0.3 is 0 Å². The molecule has 6 heteroatoms. The molecule has 0 bridgehead atoms. The molecule has 1 amide bonds. The van der Waals surface area contributed by atoms with Crippen molar-refractivity contribution in [2.45, 2.75) is 13.0 Å². The van der Waals surface area contributed by atoms with E-state index in [1.165, 1.54) is 6.92 Å². The number of methoxy groups -OCH3 is 1. The van der Waals surface area contributed by atoms with Crippen molar-refractivity contribution in [1.82, 2.24) is 10.3 Å². The molecule has 0 saturated heterocycles. The van der Waals surface area contributed by atoms with Crippen LogP contribution < -0.4 is 10.1 Å². The largest absolute Gasteiger partial charge is 0.505 e. The van der Waals surface area contributed by atoms with Crippen LogP contribution in [0.5, 0.6) is 11.5 Å². The van der Waals surface area contributed by atoms with Crippen molar-refractivity contribution in [2.75, 3.05) is 7.11 Å². The zero-order chi connectivity index (χ0) is 18.0. The Bertz CT molecular complexity index is 943. The van der Waals surface area contributed by atoms with Crippen molar-refractivity contribution >= 4 is 28.4 Å². The van der Waals surface area contributed by atoms with Crippen molar-refractivity contribution in [2.24, 2.45) is 0 Å². The van der Waals surface area contributed by atoms with Crippen LogP contribution in [0.3, 0.4) is 0 Å². The molecule has 0 radical (unpaired) electrons. The minimum Gasteiger partial charge on any atom is -0.505 e. The first-order valence-electron chi connectivity index (χ1n) is 7.68. The second-order valence-corrected chi connectivity index (χ2v) is 6.01. The van der Waals surface area contributed by atoms with Gasteiger partial charge in [-0.25, -0.2) is 0 Å². The number of nitrogens with zero attached hydrogens (tertiary/aromatic N) is 1. The van der Waals surface area contributed by atoms with Crippen LogP contribution in [0.2, 0.25) is 5.02 Å². The normalized spacial score (nSPS) is 12.0. The number of benzene rings is 2. The number of pyridine rings is 1. The minimum atomic E-state index is -0.587. The van der Waals surface area contributed by atoms with Crippen molar-refractivity contribution in [1.29, 1.82) is 0 Å². The number of fused-ring (bicyclic) bond motifs is 1. The lowest BCUT2D eigenvalue weighted by molar-refractivity contribution is -0.119. The second kappa shape index (κ2) is 6.99. The first-order chi connectivity index (χ1) is 12.0. The standard InChI is InChI=1S/C19H17ClN2O3/c1-11(23)22-17(12-5-3-6-13(9-12)25-2)15-10-16(20)14-7-4-8-21-18(14)19(15)24/h3-10,17,24H,1-2H3,(H,22,23). The van der Waals surface area contributed by atoms with E-state index in [1.807, 2.05) is 18.2 Å². The molecule has 1 aromatic heterocycles. The lowest BCUT2D eigenvalue weighted by atomic mass is 9.96. The van der Waals surface area contributed by atoms with Gasteiger partial charge in [0.2, 0.25) is 5.91 Å². The van der Waals surface area contributed by atoms with Crippen molar-refractivity contribution in [3.63, 3.8) is 0 Å². The van der Waals surface area contributed by atoms with E-state index in [9.17, 15) is 9.90 Å². The summed E-state index contributed by atoms with van der Waals surface area (Å²) in [7, 11) is 1.57. The van der Waals surface area contributed by atoms with Gasteiger partial charge in [-0.1, -0.05) is 23.7 Å². The first-order valence-corrected chi connectivity index (χ1v) is 8.06. The average Bonchev–Trinajstić information content (AvgIpc) is 2.63. The molecule has 3 rings (SSSR count). The monoisotopic (exact) mass is 356 g/mol. The molecule has 2 aromatic carbocycles. The summed E-state index contributed by atoms with van der Waals surface area (Å²) in [6.07, 6.45) is 1.58. The fraction of sp³-hybridized carbons (Fsp3) is 0.158. The number of carbonyl (C=O) groups is 1. The Morgan fingerprint density at radius 2 is 2.08 bits per heavy atom. The van der Waals surface area contributed by atoms with E-state index in [2.05, 4.69) is 10.3 Å². The number of hydrogen-bond donors (Lipinski definition) is 2. The number of rotatable bonds is 4. The zero-order valence-corrected chi connectivity index (χ0v) is 14.5. The topological polar surface area (TPSA) is 71.5 Å². The summed E-state index contributed by atoms with van der Waals surface area (Å²) in [5.74, 6) is 0.406. The Kier molecular flexibility index (Phi) is 4.76. The molecule has 2 N–H and O–H groups in total. The zero-order valence-electron chi connectivity index (χ0n) is 13.8. The molecule has 1 atom stereocenters. The van der Waals surface area contributed by atoms with E-state index >= 15 is 0 Å². The highest BCUT2D eigenvalue weighted by Crippen LogP contribution is 2.38. The Balaban J connectivity index is 2.21. The van der Waals surface area contributed by atoms with Gasteiger partial charge in [-0.15, -0.1) is 0 Å². The second-order valence-electron chi connectivity index (χ2n) is 5.61. The van der Waals surface area contributed by atoms with Gasteiger partial charge in [-0.3, -0.25) is 9.78 Å². The summed E-state index contributed by atoms with van der Waals surface area (Å²) in [4.78, 5) is 16.0. The average molecular weight is 357 g/mol. The third-order valence-corrected chi connectivity index (χ3v) is 4.24. The summed E-state index contributed by atoms with van der Waals surface area (Å²) in [5, 5.41) is 14.7. The molecule has 0 aliphatic rings. The molecule has 0 aliphatic heterocycles. The number of aromatic hydroxyl groups is 1.